The lowest BCUT2D eigenvalue weighted by Gasteiger charge is -2.36. The molecule has 1 heterocycles. The third kappa shape index (κ3) is 5.85. The van der Waals surface area contributed by atoms with Crippen molar-refractivity contribution >= 4 is 23.5 Å². The Labute approximate surface area is 174 Å². The van der Waals surface area contributed by atoms with Crippen LogP contribution in [0.15, 0.2) is 29.3 Å². The predicted molar refractivity (Wildman–Crippen MR) is 117 cm³/mol. The Morgan fingerprint density at radius 2 is 1.75 bits per heavy atom. The van der Waals surface area contributed by atoms with Crippen molar-refractivity contribution in [3.63, 3.8) is 0 Å². The molecule has 7 heteroatoms. The summed E-state index contributed by atoms with van der Waals surface area (Å²) < 4.78 is 0. The van der Waals surface area contributed by atoms with Crippen LogP contribution in [0, 0.1) is 0 Å². The highest BCUT2D eigenvalue weighted by atomic mass is 35.5. The fraction of sp³-hybridized carbons (Fsp3) is 0.619. The second kappa shape index (κ2) is 11.3. The fourth-order valence-electron chi connectivity index (χ4n) is 3.65. The first-order valence-corrected chi connectivity index (χ1v) is 10.7. The van der Waals surface area contributed by atoms with Crippen LogP contribution in [0.4, 0.5) is 0 Å². The summed E-state index contributed by atoms with van der Waals surface area (Å²) in [5.41, 5.74) is 1.12. The lowest BCUT2D eigenvalue weighted by atomic mass is 10.1. The maximum atomic E-state index is 11.6. The minimum Gasteiger partial charge on any atom is -0.357 e. The standard InChI is InChI=1S/C21H34ClN5O/c1-5-23-21(27-14-12-26(13-15-27)17(4)28)24-16-20(25(6-2)7-3)18-10-8-9-11-19(18)22/h8-11,20H,5-7,12-16H2,1-4H3,(H,23,24). The summed E-state index contributed by atoms with van der Waals surface area (Å²) in [6, 6.07) is 8.18. The summed E-state index contributed by atoms with van der Waals surface area (Å²) in [6.45, 7) is 14.5. The number of rotatable bonds is 7. The summed E-state index contributed by atoms with van der Waals surface area (Å²) in [7, 11) is 0. The van der Waals surface area contributed by atoms with Crippen molar-refractivity contribution in [1.29, 1.82) is 0 Å². The molecule has 1 aliphatic heterocycles. The molecule has 0 aliphatic carbocycles. The van der Waals surface area contributed by atoms with Gasteiger partial charge in [-0.1, -0.05) is 43.6 Å². The molecule has 1 unspecified atom stereocenters. The van der Waals surface area contributed by atoms with Gasteiger partial charge in [-0.15, -0.1) is 0 Å². The van der Waals surface area contributed by atoms with Crippen molar-refractivity contribution in [3.8, 4) is 0 Å². The molecule has 1 aliphatic rings. The molecule has 0 saturated carbocycles. The van der Waals surface area contributed by atoms with Gasteiger partial charge in [0.15, 0.2) is 5.96 Å². The van der Waals surface area contributed by atoms with Gasteiger partial charge in [0.1, 0.15) is 0 Å². The zero-order chi connectivity index (χ0) is 20.5. The predicted octanol–water partition coefficient (Wildman–Crippen LogP) is 2.85. The molecule has 1 aromatic carbocycles. The van der Waals surface area contributed by atoms with Crippen LogP contribution in [0.5, 0.6) is 0 Å². The summed E-state index contributed by atoms with van der Waals surface area (Å²) in [5.74, 6) is 1.05. The molecule has 1 saturated heterocycles. The van der Waals surface area contributed by atoms with Crippen LogP contribution in [-0.2, 0) is 4.79 Å². The van der Waals surface area contributed by atoms with E-state index in [4.69, 9.17) is 16.6 Å². The molecule has 0 spiro atoms. The molecule has 1 fully saturated rings. The molecule has 156 valence electrons. The van der Waals surface area contributed by atoms with E-state index in [0.717, 1.165) is 62.4 Å². The first-order chi connectivity index (χ1) is 13.5. The van der Waals surface area contributed by atoms with Gasteiger partial charge in [0.05, 0.1) is 12.6 Å². The monoisotopic (exact) mass is 407 g/mol. The molecule has 0 aromatic heterocycles. The molecule has 28 heavy (non-hydrogen) atoms. The van der Waals surface area contributed by atoms with E-state index in [-0.39, 0.29) is 11.9 Å². The highest BCUT2D eigenvalue weighted by Gasteiger charge is 2.23. The largest absolute Gasteiger partial charge is 0.357 e. The molecule has 2 rings (SSSR count). The number of guanidine groups is 1. The molecular formula is C21H34ClN5O. The maximum Gasteiger partial charge on any atom is 0.219 e. The minimum atomic E-state index is 0.135. The van der Waals surface area contributed by atoms with E-state index in [9.17, 15) is 4.79 Å². The Bertz CT molecular complexity index is 654. The number of halogens is 1. The fourth-order valence-corrected chi connectivity index (χ4v) is 3.91. The van der Waals surface area contributed by atoms with Crippen molar-refractivity contribution in [1.82, 2.24) is 20.0 Å². The van der Waals surface area contributed by atoms with Crippen LogP contribution in [-0.4, -0.2) is 78.9 Å². The van der Waals surface area contributed by atoms with Gasteiger partial charge >= 0.3 is 0 Å². The Balaban J connectivity index is 2.19. The van der Waals surface area contributed by atoms with E-state index in [1.165, 1.54) is 0 Å². The number of hydrogen-bond donors (Lipinski definition) is 1. The molecule has 1 amide bonds. The number of carbonyl (C=O) groups excluding carboxylic acids is 1. The zero-order valence-corrected chi connectivity index (χ0v) is 18.4. The van der Waals surface area contributed by atoms with Crippen LogP contribution in [0.3, 0.4) is 0 Å². The van der Waals surface area contributed by atoms with Gasteiger partial charge < -0.3 is 15.1 Å². The number of hydrogen-bond acceptors (Lipinski definition) is 3. The van der Waals surface area contributed by atoms with Gasteiger partial charge in [0.25, 0.3) is 0 Å². The number of carbonyl (C=O) groups is 1. The number of piperazine rings is 1. The average molecular weight is 408 g/mol. The van der Waals surface area contributed by atoms with Crippen LogP contribution in [0.25, 0.3) is 0 Å². The maximum absolute atomic E-state index is 11.6. The van der Waals surface area contributed by atoms with E-state index >= 15 is 0 Å². The minimum absolute atomic E-state index is 0.135. The average Bonchev–Trinajstić information content (AvgIpc) is 2.71. The summed E-state index contributed by atoms with van der Waals surface area (Å²) in [6.07, 6.45) is 0. The van der Waals surface area contributed by atoms with Gasteiger partial charge in [-0.05, 0) is 31.6 Å². The lowest BCUT2D eigenvalue weighted by molar-refractivity contribution is -0.130. The van der Waals surface area contributed by atoms with Crippen LogP contribution >= 0.6 is 11.6 Å². The Morgan fingerprint density at radius 3 is 2.29 bits per heavy atom. The highest BCUT2D eigenvalue weighted by Crippen LogP contribution is 2.27. The van der Waals surface area contributed by atoms with Crippen molar-refractivity contribution in [3.05, 3.63) is 34.9 Å². The van der Waals surface area contributed by atoms with Gasteiger partial charge in [0, 0.05) is 44.7 Å². The van der Waals surface area contributed by atoms with Crippen LogP contribution < -0.4 is 5.32 Å². The zero-order valence-electron chi connectivity index (χ0n) is 17.6. The number of nitrogens with one attached hydrogen (secondary N) is 1. The van der Waals surface area contributed by atoms with Crippen molar-refractivity contribution < 1.29 is 4.79 Å². The van der Waals surface area contributed by atoms with E-state index < -0.39 is 0 Å². The SMILES string of the molecule is CCNC(=NCC(c1ccccc1Cl)N(CC)CC)N1CCN(C(C)=O)CC1. The van der Waals surface area contributed by atoms with Gasteiger partial charge in [-0.2, -0.15) is 0 Å². The first kappa shape index (κ1) is 22.5. The van der Waals surface area contributed by atoms with Crippen LogP contribution in [0.2, 0.25) is 5.02 Å². The molecule has 0 bridgehead atoms. The number of aliphatic imine (C=N–C) groups is 1. The van der Waals surface area contributed by atoms with Crippen molar-refractivity contribution in [2.45, 2.75) is 33.7 Å². The summed E-state index contributed by atoms with van der Waals surface area (Å²) in [5, 5.41) is 4.20. The van der Waals surface area contributed by atoms with E-state index in [0.29, 0.717) is 6.54 Å². The lowest BCUT2D eigenvalue weighted by Crippen LogP contribution is -2.53. The van der Waals surface area contributed by atoms with E-state index in [2.05, 4.69) is 42.0 Å². The first-order valence-electron chi connectivity index (χ1n) is 10.3. The Kier molecular flexibility index (Phi) is 9.06. The van der Waals surface area contributed by atoms with Gasteiger partial charge in [-0.3, -0.25) is 14.7 Å². The molecule has 1 N–H and O–H groups in total. The van der Waals surface area contributed by atoms with Gasteiger partial charge in [0.2, 0.25) is 5.91 Å². The highest BCUT2D eigenvalue weighted by molar-refractivity contribution is 6.31. The van der Waals surface area contributed by atoms with Gasteiger partial charge in [-0.25, -0.2) is 0 Å². The third-order valence-corrected chi connectivity index (χ3v) is 5.63. The molecule has 0 radical (unpaired) electrons. The number of benzene rings is 1. The molecule has 6 nitrogen and oxygen atoms in total. The summed E-state index contributed by atoms with van der Waals surface area (Å²) in [4.78, 5) is 23.1. The molecule has 1 aromatic rings. The molecule has 1 atom stereocenters. The number of nitrogens with zero attached hydrogens (tertiary/aromatic N) is 4. The molecular weight excluding hydrogens is 374 g/mol. The number of amides is 1. The van der Waals surface area contributed by atoms with E-state index in [1.807, 2.05) is 23.1 Å². The second-order valence-corrected chi connectivity index (χ2v) is 7.35. The second-order valence-electron chi connectivity index (χ2n) is 6.95. The smallest absolute Gasteiger partial charge is 0.219 e. The Morgan fingerprint density at radius 1 is 1.14 bits per heavy atom. The quantitative estimate of drug-likeness (QED) is 0.557. The van der Waals surface area contributed by atoms with Crippen LogP contribution in [0.1, 0.15) is 39.3 Å². The third-order valence-electron chi connectivity index (χ3n) is 5.29. The Hall–Kier alpha value is -1.79. The van der Waals surface area contributed by atoms with Crippen molar-refractivity contribution in [2.75, 3.05) is 52.4 Å². The van der Waals surface area contributed by atoms with E-state index in [1.54, 1.807) is 6.92 Å². The normalized spacial score (nSPS) is 16.4. The summed E-state index contributed by atoms with van der Waals surface area (Å²) >= 11 is 6.51. The van der Waals surface area contributed by atoms with Crippen molar-refractivity contribution in [2.24, 2.45) is 4.99 Å². The topological polar surface area (TPSA) is 51.2 Å². The number of likely N-dealkylation sites (N-methyl/N-ethyl adjacent to an activating group) is 1.